The zero-order chi connectivity index (χ0) is 15.0. The number of benzene rings is 1. The van der Waals surface area contributed by atoms with Gasteiger partial charge in [0.15, 0.2) is 0 Å². The van der Waals surface area contributed by atoms with E-state index in [1.165, 1.54) is 18.9 Å². The third-order valence-electron chi connectivity index (χ3n) is 3.59. The fraction of sp³-hybridized carbons (Fsp3) is 0.562. The van der Waals surface area contributed by atoms with Crippen molar-refractivity contribution in [3.05, 3.63) is 29.8 Å². The topological polar surface area (TPSA) is 44.4 Å². The van der Waals surface area contributed by atoms with Crippen LogP contribution in [0.3, 0.4) is 0 Å². The van der Waals surface area contributed by atoms with Crippen LogP contribution in [-0.4, -0.2) is 37.0 Å². The maximum Gasteiger partial charge on any atom is 0.221 e. The average molecular weight is 277 g/mol. The minimum absolute atomic E-state index is 0.0380. The van der Waals surface area contributed by atoms with Crippen molar-refractivity contribution in [3.8, 4) is 0 Å². The van der Waals surface area contributed by atoms with Crippen LogP contribution in [0.5, 0.6) is 0 Å². The van der Waals surface area contributed by atoms with Gasteiger partial charge in [-0.1, -0.05) is 19.1 Å². The number of hydrogen-bond donors (Lipinski definition) is 2. The standard InChI is InChI=1S/C16H27N3O/c1-5-13(2)19(4)11-10-17-12-15-6-8-16(9-7-15)18-14(3)20/h6-9,13,17H,5,10-12H2,1-4H3,(H,18,20). The first-order valence-corrected chi connectivity index (χ1v) is 7.30. The molecule has 1 atom stereocenters. The van der Waals surface area contributed by atoms with Crippen LogP contribution in [0.15, 0.2) is 24.3 Å². The lowest BCUT2D eigenvalue weighted by Gasteiger charge is -2.23. The second-order valence-electron chi connectivity index (χ2n) is 5.29. The number of rotatable bonds is 8. The summed E-state index contributed by atoms with van der Waals surface area (Å²) in [5.74, 6) is -0.0380. The van der Waals surface area contributed by atoms with Gasteiger partial charge in [0.25, 0.3) is 0 Å². The largest absolute Gasteiger partial charge is 0.326 e. The quantitative estimate of drug-likeness (QED) is 0.717. The van der Waals surface area contributed by atoms with Crippen molar-refractivity contribution < 1.29 is 4.79 Å². The molecule has 20 heavy (non-hydrogen) atoms. The molecule has 0 heterocycles. The van der Waals surface area contributed by atoms with Gasteiger partial charge in [-0.05, 0) is 38.1 Å². The van der Waals surface area contributed by atoms with Crippen LogP contribution in [0, 0.1) is 0 Å². The van der Waals surface area contributed by atoms with Crippen LogP contribution in [0.4, 0.5) is 5.69 Å². The molecule has 0 bridgehead atoms. The number of likely N-dealkylation sites (N-methyl/N-ethyl adjacent to an activating group) is 1. The molecule has 1 aromatic rings. The van der Waals surface area contributed by atoms with E-state index in [-0.39, 0.29) is 5.91 Å². The first-order chi connectivity index (χ1) is 9.52. The SMILES string of the molecule is CCC(C)N(C)CCNCc1ccc(NC(C)=O)cc1. The predicted molar refractivity (Wildman–Crippen MR) is 84.8 cm³/mol. The van der Waals surface area contributed by atoms with Crippen LogP contribution in [0.1, 0.15) is 32.8 Å². The van der Waals surface area contributed by atoms with E-state index in [9.17, 15) is 4.79 Å². The molecule has 0 fully saturated rings. The normalized spacial score (nSPS) is 12.4. The predicted octanol–water partition coefficient (Wildman–Crippen LogP) is 2.46. The molecule has 0 aliphatic carbocycles. The Morgan fingerprint density at radius 1 is 1.30 bits per heavy atom. The van der Waals surface area contributed by atoms with Gasteiger partial charge in [-0.2, -0.15) is 0 Å². The molecule has 1 rings (SSSR count). The van der Waals surface area contributed by atoms with Gasteiger partial charge in [-0.25, -0.2) is 0 Å². The average Bonchev–Trinajstić information content (AvgIpc) is 2.43. The summed E-state index contributed by atoms with van der Waals surface area (Å²) in [5, 5.41) is 6.21. The van der Waals surface area contributed by atoms with Crippen LogP contribution >= 0.6 is 0 Å². The fourth-order valence-corrected chi connectivity index (χ4v) is 1.93. The van der Waals surface area contributed by atoms with E-state index in [2.05, 4.69) is 36.4 Å². The maximum absolute atomic E-state index is 10.9. The Morgan fingerprint density at radius 3 is 2.50 bits per heavy atom. The number of carbonyl (C=O) groups excluding carboxylic acids is 1. The maximum atomic E-state index is 10.9. The number of carbonyl (C=O) groups is 1. The van der Waals surface area contributed by atoms with Crippen molar-refractivity contribution in [1.29, 1.82) is 0 Å². The smallest absolute Gasteiger partial charge is 0.221 e. The Hall–Kier alpha value is -1.39. The molecule has 0 aliphatic rings. The summed E-state index contributed by atoms with van der Waals surface area (Å²) in [6.07, 6.45) is 1.18. The minimum atomic E-state index is -0.0380. The Bertz CT molecular complexity index is 403. The Morgan fingerprint density at radius 2 is 1.95 bits per heavy atom. The van der Waals surface area contributed by atoms with Gasteiger partial charge in [0.1, 0.15) is 0 Å². The summed E-state index contributed by atoms with van der Waals surface area (Å²) in [5.41, 5.74) is 2.07. The molecular weight excluding hydrogens is 250 g/mol. The number of anilines is 1. The third kappa shape index (κ3) is 6.17. The molecule has 0 aromatic heterocycles. The number of nitrogens with zero attached hydrogens (tertiary/aromatic N) is 1. The highest BCUT2D eigenvalue weighted by molar-refractivity contribution is 5.88. The molecule has 4 nitrogen and oxygen atoms in total. The second-order valence-corrected chi connectivity index (χ2v) is 5.29. The summed E-state index contributed by atoms with van der Waals surface area (Å²) < 4.78 is 0. The first kappa shape index (κ1) is 16.7. The van der Waals surface area contributed by atoms with E-state index in [0.29, 0.717) is 6.04 Å². The molecule has 0 radical (unpaired) electrons. The summed E-state index contributed by atoms with van der Waals surface area (Å²) >= 11 is 0. The van der Waals surface area contributed by atoms with Gasteiger partial charge < -0.3 is 15.5 Å². The van der Waals surface area contributed by atoms with Gasteiger partial charge in [0.2, 0.25) is 5.91 Å². The summed E-state index contributed by atoms with van der Waals surface area (Å²) in [6, 6.07) is 8.58. The first-order valence-electron chi connectivity index (χ1n) is 7.30. The molecule has 0 spiro atoms. The summed E-state index contributed by atoms with van der Waals surface area (Å²) in [4.78, 5) is 13.3. The van der Waals surface area contributed by atoms with Crippen LogP contribution in [0.25, 0.3) is 0 Å². The molecule has 112 valence electrons. The van der Waals surface area contributed by atoms with Crippen LogP contribution in [0.2, 0.25) is 0 Å². The monoisotopic (exact) mass is 277 g/mol. The van der Waals surface area contributed by atoms with Gasteiger partial charge in [0, 0.05) is 38.3 Å². The molecule has 0 saturated heterocycles. The Balaban J connectivity index is 2.27. The fourth-order valence-electron chi connectivity index (χ4n) is 1.93. The lowest BCUT2D eigenvalue weighted by atomic mass is 10.2. The zero-order valence-electron chi connectivity index (χ0n) is 13.1. The van der Waals surface area contributed by atoms with Crippen LogP contribution in [-0.2, 0) is 11.3 Å². The van der Waals surface area contributed by atoms with Crippen molar-refractivity contribution in [3.63, 3.8) is 0 Å². The zero-order valence-corrected chi connectivity index (χ0v) is 13.1. The molecule has 0 saturated carbocycles. The van der Waals surface area contributed by atoms with E-state index < -0.39 is 0 Å². The van der Waals surface area contributed by atoms with Crippen molar-refractivity contribution in [1.82, 2.24) is 10.2 Å². The Kier molecular flexibility index (Phi) is 7.26. The minimum Gasteiger partial charge on any atom is -0.326 e. The molecule has 2 N–H and O–H groups in total. The van der Waals surface area contributed by atoms with E-state index in [4.69, 9.17) is 0 Å². The third-order valence-corrected chi connectivity index (χ3v) is 3.59. The molecule has 1 amide bonds. The van der Waals surface area contributed by atoms with Crippen molar-refractivity contribution in [2.24, 2.45) is 0 Å². The molecule has 1 aromatic carbocycles. The van der Waals surface area contributed by atoms with E-state index >= 15 is 0 Å². The van der Waals surface area contributed by atoms with Crippen molar-refractivity contribution in [2.45, 2.75) is 39.8 Å². The molecule has 0 aliphatic heterocycles. The number of amides is 1. The van der Waals surface area contributed by atoms with Gasteiger partial charge in [-0.3, -0.25) is 4.79 Å². The second kappa shape index (κ2) is 8.72. The van der Waals surface area contributed by atoms with Gasteiger partial charge in [0.05, 0.1) is 0 Å². The van der Waals surface area contributed by atoms with E-state index in [1.54, 1.807) is 0 Å². The summed E-state index contributed by atoms with van der Waals surface area (Å²) in [7, 11) is 2.16. The van der Waals surface area contributed by atoms with Crippen molar-refractivity contribution >= 4 is 11.6 Å². The lowest BCUT2D eigenvalue weighted by Crippen LogP contribution is -2.34. The van der Waals surface area contributed by atoms with Crippen LogP contribution < -0.4 is 10.6 Å². The molecular formula is C16H27N3O. The number of hydrogen-bond acceptors (Lipinski definition) is 3. The highest BCUT2D eigenvalue weighted by Gasteiger charge is 2.05. The van der Waals surface area contributed by atoms with E-state index in [0.717, 1.165) is 25.3 Å². The van der Waals surface area contributed by atoms with Crippen molar-refractivity contribution in [2.75, 3.05) is 25.5 Å². The van der Waals surface area contributed by atoms with Gasteiger partial charge in [-0.15, -0.1) is 0 Å². The highest BCUT2D eigenvalue weighted by Crippen LogP contribution is 2.09. The molecule has 1 unspecified atom stereocenters. The Labute approximate surface area is 122 Å². The van der Waals surface area contributed by atoms with E-state index in [1.807, 2.05) is 24.3 Å². The number of nitrogens with one attached hydrogen (secondary N) is 2. The van der Waals surface area contributed by atoms with Gasteiger partial charge >= 0.3 is 0 Å². The highest BCUT2D eigenvalue weighted by atomic mass is 16.1. The summed E-state index contributed by atoms with van der Waals surface area (Å²) in [6.45, 7) is 8.87. The molecule has 4 heteroatoms. The lowest BCUT2D eigenvalue weighted by molar-refractivity contribution is -0.114.